The second-order valence-corrected chi connectivity index (χ2v) is 5.66. The summed E-state index contributed by atoms with van der Waals surface area (Å²) >= 11 is 1.47. The van der Waals surface area contributed by atoms with E-state index in [0.717, 1.165) is 5.76 Å². The second kappa shape index (κ2) is 4.88. The van der Waals surface area contributed by atoms with Crippen LogP contribution in [0.15, 0.2) is 52.2 Å². The molecule has 4 rings (SSSR count). The summed E-state index contributed by atoms with van der Waals surface area (Å²) in [6, 6.07) is 10.00. The molecule has 0 unspecified atom stereocenters. The Kier molecular flexibility index (Phi) is 2.86. The minimum Gasteiger partial charge on any atom is -0.466 e. The topological polar surface area (TPSA) is 99.0 Å². The Balaban J connectivity index is 1.70. The molecule has 0 fully saturated rings. The highest BCUT2D eigenvalue weighted by molar-refractivity contribution is 7.99. The molecular weight excluding hydrogens is 306 g/mol. The van der Waals surface area contributed by atoms with Gasteiger partial charge in [0, 0.05) is 17.7 Å². The summed E-state index contributed by atoms with van der Waals surface area (Å²) in [5.74, 6) is 1.31. The van der Waals surface area contributed by atoms with Crippen molar-refractivity contribution in [1.29, 1.82) is 0 Å². The van der Waals surface area contributed by atoms with E-state index in [0.29, 0.717) is 16.5 Å². The van der Waals surface area contributed by atoms with Gasteiger partial charge in [-0.25, -0.2) is 4.68 Å². The van der Waals surface area contributed by atoms with E-state index >= 15 is 0 Å². The molecule has 0 amide bonds. The second-order valence-electron chi connectivity index (χ2n) is 4.59. The Morgan fingerprint density at radius 2 is 2.23 bits per heavy atom. The molecule has 2 aromatic heterocycles. The standard InChI is InChI=1S/C13H9N5O3S/c19-18(20)9-4-1-3-8(7-9)11-14-15-13-17(11)16-12(22-13)10-5-2-6-21-10/h1-7,12,16H/t12-/m0/s1. The maximum absolute atomic E-state index is 10.9. The number of nitro groups is 1. The number of nitrogens with one attached hydrogen (secondary N) is 1. The third-order valence-electron chi connectivity index (χ3n) is 3.22. The van der Waals surface area contributed by atoms with E-state index in [9.17, 15) is 10.1 Å². The van der Waals surface area contributed by atoms with E-state index in [-0.39, 0.29) is 11.1 Å². The van der Waals surface area contributed by atoms with Gasteiger partial charge < -0.3 is 9.84 Å². The lowest BCUT2D eigenvalue weighted by atomic mass is 10.2. The van der Waals surface area contributed by atoms with Gasteiger partial charge in [-0.05, 0) is 23.9 Å². The Bertz CT molecular complexity index is 845. The zero-order chi connectivity index (χ0) is 15.1. The monoisotopic (exact) mass is 315 g/mol. The van der Waals surface area contributed by atoms with Gasteiger partial charge in [0.05, 0.1) is 11.2 Å². The average Bonchev–Trinajstić information content (AvgIpc) is 3.23. The van der Waals surface area contributed by atoms with Gasteiger partial charge in [-0.15, -0.1) is 10.2 Å². The van der Waals surface area contributed by atoms with Crippen molar-refractivity contribution in [3.63, 3.8) is 0 Å². The van der Waals surface area contributed by atoms with Gasteiger partial charge in [0.2, 0.25) is 5.16 Å². The van der Waals surface area contributed by atoms with Crippen LogP contribution in [0.2, 0.25) is 0 Å². The molecule has 1 aliphatic rings. The van der Waals surface area contributed by atoms with Crippen LogP contribution in [0.25, 0.3) is 11.4 Å². The van der Waals surface area contributed by atoms with E-state index in [1.54, 1.807) is 23.1 Å². The Morgan fingerprint density at radius 1 is 1.32 bits per heavy atom. The minimum atomic E-state index is -0.432. The van der Waals surface area contributed by atoms with Crippen LogP contribution in [-0.2, 0) is 0 Å². The average molecular weight is 315 g/mol. The van der Waals surface area contributed by atoms with Crippen LogP contribution in [0.4, 0.5) is 5.69 Å². The fourth-order valence-corrected chi connectivity index (χ4v) is 3.17. The van der Waals surface area contributed by atoms with Crippen LogP contribution in [0.1, 0.15) is 11.1 Å². The number of furan rings is 1. The van der Waals surface area contributed by atoms with Crippen LogP contribution in [0, 0.1) is 10.1 Å². The Labute approximate surface area is 128 Å². The van der Waals surface area contributed by atoms with E-state index in [4.69, 9.17) is 4.42 Å². The van der Waals surface area contributed by atoms with Crippen molar-refractivity contribution in [1.82, 2.24) is 14.9 Å². The molecule has 9 heteroatoms. The van der Waals surface area contributed by atoms with Gasteiger partial charge in [0.1, 0.15) is 5.76 Å². The van der Waals surface area contributed by atoms with Gasteiger partial charge in [-0.1, -0.05) is 12.1 Å². The highest BCUT2D eigenvalue weighted by Gasteiger charge is 2.30. The first-order valence-corrected chi connectivity index (χ1v) is 7.27. The van der Waals surface area contributed by atoms with Crippen molar-refractivity contribution in [2.45, 2.75) is 10.5 Å². The number of rotatable bonds is 3. The molecule has 1 aromatic carbocycles. The van der Waals surface area contributed by atoms with Crippen LogP contribution in [-0.4, -0.2) is 19.8 Å². The molecule has 0 saturated carbocycles. The fourth-order valence-electron chi connectivity index (χ4n) is 2.22. The number of nitrogens with zero attached hydrogens (tertiary/aromatic N) is 4. The number of aromatic nitrogens is 3. The first kappa shape index (κ1) is 12.9. The van der Waals surface area contributed by atoms with Gasteiger partial charge in [-0.3, -0.25) is 10.1 Å². The minimum absolute atomic E-state index is 0.0167. The maximum atomic E-state index is 10.9. The summed E-state index contributed by atoms with van der Waals surface area (Å²) < 4.78 is 7.10. The predicted molar refractivity (Wildman–Crippen MR) is 78.8 cm³/mol. The summed E-state index contributed by atoms with van der Waals surface area (Å²) in [4.78, 5) is 10.5. The molecule has 0 radical (unpaired) electrons. The zero-order valence-corrected chi connectivity index (χ0v) is 11.9. The summed E-state index contributed by atoms with van der Waals surface area (Å²) in [5, 5.41) is 19.7. The van der Waals surface area contributed by atoms with Crippen molar-refractivity contribution in [2.24, 2.45) is 0 Å². The number of hydrogen-bond acceptors (Lipinski definition) is 7. The molecule has 0 saturated heterocycles. The van der Waals surface area contributed by atoms with E-state index < -0.39 is 4.92 Å². The first-order valence-electron chi connectivity index (χ1n) is 6.39. The first-order chi connectivity index (χ1) is 10.7. The summed E-state index contributed by atoms with van der Waals surface area (Å²) in [7, 11) is 0. The largest absolute Gasteiger partial charge is 0.466 e. The van der Waals surface area contributed by atoms with Crippen molar-refractivity contribution in [3.8, 4) is 11.4 Å². The third kappa shape index (κ3) is 2.02. The summed E-state index contributed by atoms with van der Waals surface area (Å²) in [5.41, 5.74) is 3.87. The molecule has 1 N–H and O–H groups in total. The lowest BCUT2D eigenvalue weighted by Gasteiger charge is -2.09. The summed E-state index contributed by atoms with van der Waals surface area (Å²) in [6.07, 6.45) is 1.61. The molecule has 22 heavy (non-hydrogen) atoms. The third-order valence-corrected chi connectivity index (χ3v) is 4.27. The van der Waals surface area contributed by atoms with Crippen LogP contribution >= 0.6 is 11.8 Å². The van der Waals surface area contributed by atoms with Crippen LogP contribution in [0.5, 0.6) is 0 Å². The maximum Gasteiger partial charge on any atom is 0.270 e. The van der Waals surface area contributed by atoms with Crippen molar-refractivity contribution in [2.75, 3.05) is 5.43 Å². The zero-order valence-electron chi connectivity index (χ0n) is 11.0. The quantitative estimate of drug-likeness (QED) is 0.586. The number of benzene rings is 1. The smallest absolute Gasteiger partial charge is 0.270 e. The summed E-state index contributed by atoms with van der Waals surface area (Å²) in [6.45, 7) is 0. The van der Waals surface area contributed by atoms with Gasteiger partial charge in [0.15, 0.2) is 11.2 Å². The van der Waals surface area contributed by atoms with Gasteiger partial charge in [0.25, 0.3) is 5.69 Å². The van der Waals surface area contributed by atoms with E-state index in [1.807, 2.05) is 12.1 Å². The number of hydrogen-bond donors (Lipinski definition) is 1. The van der Waals surface area contributed by atoms with Crippen molar-refractivity contribution in [3.05, 3.63) is 58.5 Å². The van der Waals surface area contributed by atoms with Gasteiger partial charge >= 0.3 is 0 Å². The number of nitro benzene ring substituents is 1. The highest BCUT2D eigenvalue weighted by Crippen LogP contribution is 2.40. The molecule has 1 aliphatic heterocycles. The number of non-ortho nitro benzene ring substituents is 1. The number of thioether (sulfide) groups is 1. The normalized spacial score (nSPS) is 16.3. The molecule has 0 spiro atoms. The molecule has 1 atom stereocenters. The fraction of sp³-hybridized carbons (Fsp3) is 0.0769. The molecule has 0 aliphatic carbocycles. The number of fused-ring (bicyclic) bond motifs is 1. The van der Waals surface area contributed by atoms with Gasteiger partial charge in [-0.2, -0.15) is 0 Å². The van der Waals surface area contributed by atoms with Crippen molar-refractivity contribution >= 4 is 17.4 Å². The predicted octanol–water partition coefficient (Wildman–Crippen LogP) is 2.79. The SMILES string of the molecule is O=[N+]([O-])c1cccc(-c2nnc3n2N[C@H](c2ccco2)S3)c1. The molecule has 3 aromatic rings. The highest BCUT2D eigenvalue weighted by atomic mass is 32.2. The molecule has 0 bridgehead atoms. The van der Waals surface area contributed by atoms with Crippen molar-refractivity contribution < 1.29 is 9.34 Å². The molecule has 8 nitrogen and oxygen atoms in total. The van der Waals surface area contributed by atoms with E-state index in [1.165, 1.54) is 23.9 Å². The molecular formula is C13H9N5O3S. The Hall–Kier alpha value is -2.81. The lowest BCUT2D eigenvalue weighted by molar-refractivity contribution is -0.384. The molecule has 3 heterocycles. The van der Waals surface area contributed by atoms with E-state index in [2.05, 4.69) is 15.6 Å². The Morgan fingerprint density at radius 3 is 3.00 bits per heavy atom. The molecule has 110 valence electrons. The lowest BCUT2D eigenvalue weighted by Crippen LogP contribution is -2.13. The van der Waals surface area contributed by atoms with Crippen LogP contribution in [0.3, 0.4) is 0 Å². The van der Waals surface area contributed by atoms with Crippen LogP contribution < -0.4 is 5.43 Å².